The fourth-order valence-electron chi connectivity index (χ4n) is 1.86. The highest BCUT2D eigenvalue weighted by Crippen LogP contribution is 2.09. The van der Waals surface area contributed by atoms with Crippen molar-refractivity contribution in [2.75, 3.05) is 25.4 Å². The van der Waals surface area contributed by atoms with Crippen LogP contribution in [0.25, 0.3) is 0 Å². The van der Waals surface area contributed by atoms with Gasteiger partial charge in [0.05, 0.1) is 13.1 Å². The van der Waals surface area contributed by atoms with Gasteiger partial charge in [0.2, 0.25) is 11.8 Å². The Morgan fingerprint density at radius 3 is 2.65 bits per heavy atom. The van der Waals surface area contributed by atoms with Crippen LogP contribution in [-0.2, 0) is 16.1 Å². The predicted octanol–water partition coefficient (Wildman–Crippen LogP) is 0.0823. The fourth-order valence-corrected chi connectivity index (χ4v) is 1.86. The van der Waals surface area contributed by atoms with Gasteiger partial charge in [-0.05, 0) is 24.1 Å². The van der Waals surface area contributed by atoms with Crippen molar-refractivity contribution in [1.29, 1.82) is 0 Å². The number of hydrogen-bond acceptors (Lipinski definition) is 4. The lowest BCUT2D eigenvalue weighted by Crippen LogP contribution is -2.41. The Kier molecular flexibility index (Phi) is 6.52. The van der Waals surface area contributed by atoms with E-state index >= 15 is 0 Å². The third-order valence-electron chi connectivity index (χ3n) is 2.68. The van der Waals surface area contributed by atoms with Crippen molar-refractivity contribution in [3.63, 3.8) is 0 Å². The quantitative estimate of drug-likeness (QED) is 0.586. The summed E-state index contributed by atoms with van der Waals surface area (Å²) in [6.45, 7) is 3.23. The van der Waals surface area contributed by atoms with Gasteiger partial charge in [0.1, 0.15) is 0 Å². The number of benzene rings is 1. The van der Waals surface area contributed by atoms with Crippen molar-refractivity contribution in [2.24, 2.45) is 5.73 Å². The van der Waals surface area contributed by atoms with Gasteiger partial charge in [0.15, 0.2) is 0 Å². The highest BCUT2D eigenvalue weighted by Gasteiger charge is 2.13. The Balaban J connectivity index is 2.64. The topological polar surface area (TPSA) is 101 Å². The van der Waals surface area contributed by atoms with Crippen molar-refractivity contribution in [1.82, 2.24) is 10.2 Å². The van der Waals surface area contributed by atoms with E-state index in [4.69, 9.17) is 11.5 Å². The molecule has 6 heteroatoms. The Bertz CT molecular complexity index is 462. The van der Waals surface area contributed by atoms with Crippen LogP contribution in [0.15, 0.2) is 24.3 Å². The van der Waals surface area contributed by atoms with E-state index in [0.717, 1.165) is 12.0 Å². The molecule has 0 spiro atoms. The van der Waals surface area contributed by atoms with Gasteiger partial charge in [-0.25, -0.2) is 0 Å². The zero-order chi connectivity index (χ0) is 15.0. The lowest BCUT2D eigenvalue weighted by atomic mass is 10.2. The van der Waals surface area contributed by atoms with Gasteiger partial charge in [0.25, 0.3) is 0 Å². The van der Waals surface area contributed by atoms with Crippen molar-refractivity contribution >= 4 is 17.5 Å². The first kappa shape index (κ1) is 16.0. The minimum Gasteiger partial charge on any atom is -0.399 e. The summed E-state index contributed by atoms with van der Waals surface area (Å²) in [7, 11) is 0. The van der Waals surface area contributed by atoms with E-state index in [2.05, 4.69) is 5.32 Å². The molecule has 0 aliphatic heterocycles. The zero-order valence-electron chi connectivity index (χ0n) is 11.8. The smallest absolute Gasteiger partial charge is 0.234 e. The standard InChI is InChI=1S/C14H22N4O2/c1-2-6-17-14(20)10-18(9-13(16)19)8-11-4-3-5-12(15)7-11/h3-5,7H,2,6,8-10,15H2,1H3,(H2,16,19)(H,17,20). The largest absolute Gasteiger partial charge is 0.399 e. The fraction of sp³-hybridized carbons (Fsp3) is 0.429. The van der Waals surface area contributed by atoms with Gasteiger partial charge >= 0.3 is 0 Å². The van der Waals surface area contributed by atoms with Crippen molar-refractivity contribution in [3.8, 4) is 0 Å². The number of carbonyl (C=O) groups is 2. The van der Waals surface area contributed by atoms with E-state index in [1.165, 1.54) is 0 Å². The first-order valence-electron chi connectivity index (χ1n) is 6.63. The third kappa shape index (κ3) is 6.19. The van der Waals surface area contributed by atoms with Gasteiger partial charge in [-0.2, -0.15) is 0 Å². The molecule has 0 aliphatic carbocycles. The summed E-state index contributed by atoms with van der Waals surface area (Å²) >= 11 is 0. The van der Waals surface area contributed by atoms with Crippen LogP contribution in [0.3, 0.4) is 0 Å². The second-order valence-corrected chi connectivity index (χ2v) is 4.71. The Labute approximate surface area is 119 Å². The SMILES string of the molecule is CCCNC(=O)CN(CC(N)=O)Cc1cccc(N)c1. The summed E-state index contributed by atoms with van der Waals surface area (Å²) in [5.74, 6) is -0.575. The van der Waals surface area contributed by atoms with Crippen LogP contribution >= 0.6 is 0 Å². The molecular weight excluding hydrogens is 256 g/mol. The second kappa shape index (κ2) is 8.16. The maximum absolute atomic E-state index is 11.7. The van der Waals surface area contributed by atoms with Gasteiger partial charge < -0.3 is 16.8 Å². The normalized spacial score (nSPS) is 10.5. The number of hydrogen-bond donors (Lipinski definition) is 3. The molecule has 0 aromatic heterocycles. The molecule has 0 unspecified atom stereocenters. The van der Waals surface area contributed by atoms with E-state index in [1.807, 2.05) is 25.1 Å². The minimum absolute atomic E-state index is 0.0361. The molecule has 0 saturated carbocycles. The van der Waals surface area contributed by atoms with Crippen LogP contribution in [0.5, 0.6) is 0 Å². The second-order valence-electron chi connectivity index (χ2n) is 4.71. The highest BCUT2D eigenvalue weighted by atomic mass is 16.2. The molecule has 0 aliphatic rings. The Morgan fingerprint density at radius 1 is 1.30 bits per heavy atom. The number of nitrogens with zero attached hydrogens (tertiary/aromatic N) is 1. The van der Waals surface area contributed by atoms with Gasteiger partial charge in [-0.3, -0.25) is 14.5 Å². The van der Waals surface area contributed by atoms with Gasteiger partial charge in [-0.1, -0.05) is 19.1 Å². The van der Waals surface area contributed by atoms with Gasteiger partial charge in [-0.15, -0.1) is 0 Å². The molecule has 0 radical (unpaired) electrons. The molecule has 0 fully saturated rings. The maximum Gasteiger partial charge on any atom is 0.234 e. The van der Waals surface area contributed by atoms with Crippen molar-refractivity contribution in [2.45, 2.75) is 19.9 Å². The molecule has 0 heterocycles. The first-order valence-corrected chi connectivity index (χ1v) is 6.63. The molecule has 0 saturated heterocycles. The molecule has 1 aromatic rings. The summed E-state index contributed by atoms with van der Waals surface area (Å²) in [5.41, 5.74) is 12.5. The third-order valence-corrected chi connectivity index (χ3v) is 2.68. The Morgan fingerprint density at radius 2 is 2.05 bits per heavy atom. The molecule has 5 N–H and O–H groups in total. The van der Waals surface area contributed by atoms with Crippen LogP contribution < -0.4 is 16.8 Å². The number of rotatable bonds is 8. The van der Waals surface area contributed by atoms with Crippen LogP contribution in [0.2, 0.25) is 0 Å². The minimum atomic E-state index is -0.461. The van der Waals surface area contributed by atoms with E-state index in [-0.39, 0.29) is 19.0 Å². The average Bonchev–Trinajstić information content (AvgIpc) is 2.35. The van der Waals surface area contributed by atoms with E-state index < -0.39 is 5.91 Å². The summed E-state index contributed by atoms with van der Waals surface area (Å²) in [5, 5.41) is 2.78. The van der Waals surface area contributed by atoms with Crippen molar-refractivity contribution < 1.29 is 9.59 Å². The van der Waals surface area contributed by atoms with Crippen LogP contribution in [0, 0.1) is 0 Å². The number of anilines is 1. The lowest BCUT2D eigenvalue weighted by Gasteiger charge is -2.20. The van der Waals surface area contributed by atoms with Crippen LogP contribution in [0.1, 0.15) is 18.9 Å². The number of carbonyl (C=O) groups excluding carboxylic acids is 2. The molecule has 6 nitrogen and oxygen atoms in total. The van der Waals surface area contributed by atoms with Crippen molar-refractivity contribution in [3.05, 3.63) is 29.8 Å². The van der Waals surface area contributed by atoms with E-state index in [9.17, 15) is 9.59 Å². The molecule has 1 rings (SSSR count). The number of nitrogens with two attached hydrogens (primary N) is 2. The Hall–Kier alpha value is -2.08. The number of nitrogens with one attached hydrogen (secondary N) is 1. The monoisotopic (exact) mass is 278 g/mol. The molecule has 110 valence electrons. The van der Waals surface area contributed by atoms with E-state index in [0.29, 0.717) is 18.8 Å². The summed E-state index contributed by atoms with van der Waals surface area (Å²) < 4.78 is 0. The highest BCUT2D eigenvalue weighted by molar-refractivity contribution is 5.80. The molecule has 0 bridgehead atoms. The van der Waals surface area contributed by atoms with Crippen LogP contribution in [-0.4, -0.2) is 36.3 Å². The maximum atomic E-state index is 11.7. The van der Waals surface area contributed by atoms with Gasteiger partial charge in [0, 0.05) is 18.8 Å². The number of primary amides is 1. The summed E-state index contributed by atoms with van der Waals surface area (Å²) in [4.78, 5) is 24.5. The molecular formula is C14H22N4O2. The summed E-state index contributed by atoms with van der Waals surface area (Å²) in [6.07, 6.45) is 0.872. The molecule has 20 heavy (non-hydrogen) atoms. The zero-order valence-corrected chi connectivity index (χ0v) is 11.8. The first-order chi connectivity index (χ1) is 9.51. The molecule has 0 atom stereocenters. The number of nitrogen functional groups attached to an aromatic ring is 1. The number of amides is 2. The lowest BCUT2D eigenvalue weighted by molar-refractivity contribution is -0.124. The van der Waals surface area contributed by atoms with E-state index in [1.54, 1.807) is 11.0 Å². The molecule has 2 amide bonds. The summed E-state index contributed by atoms with van der Waals surface area (Å²) in [6, 6.07) is 7.34. The average molecular weight is 278 g/mol. The van der Waals surface area contributed by atoms with Crippen LogP contribution in [0.4, 0.5) is 5.69 Å². The molecule has 1 aromatic carbocycles. The predicted molar refractivity (Wildman–Crippen MR) is 78.6 cm³/mol.